The minimum Gasteiger partial charge on any atom is -0.243 e. The van der Waals surface area contributed by atoms with Crippen molar-refractivity contribution in [3.8, 4) is 0 Å². The predicted octanol–water partition coefficient (Wildman–Crippen LogP) is 1.96. The Kier molecular flexibility index (Phi) is 6.27. The van der Waals surface area contributed by atoms with Crippen LogP contribution >= 0.6 is 0 Å². The van der Waals surface area contributed by atoms with E-state index in [0.717, 1.165) is 12.5 Å². The molecule has 0 saturated carbocycles. The molecule has 0 aliphatic carbocycles. The molecule has 4 heteroatoms. The van der Waals surface area contributed by atoms with Crippen molar-refractivity contribution in [2.24, 2.45) is 5.92 Å². The lowest BCUT2D eigenvalue weighted by Gasteiger charge is -2.22. The molecule has 0 amide bonds. The molecule has 0 aromatic rings. The third-order valence-electron chi connectivity index (χ3n) is 4.06. The Morgan fingerprint density at radius 2 is 1.59 bits per heavy atom. The van der Waals surface area contributed by atoms with Gasteiger partial charge in [-0.1, -0.05) is 32.1 Å². The zero-order chi connectivity index (χ0) is 11.8. The van der Waals surface area contributed by atoms with E-state index in [2.05, 4.69) is 21.5 Å². The monoisotopic (exact) mass is 240 g/mol. The van der Waals surface area contributed by atoms with E-state index in [1.807, 2.05) is 0 Å². The van der Waals surface area contributed by atoms with Crippen LogP contribution in [0.25, 0.3) is 0 Å². The van der Waals surface area contributed by atoms with Crippen molar-refractivity contribution in [1.82, 2.24) is 21.5 Å². The molecule has 2 saturated heterocycles. The molecule has 2 rings (SSSR count). The summed E-state index contributed by atoms with van der Waals surface area (Å²) in [6.45, 7) is 3.41. The van der Waals surface area contributed by atoms with Crippen LogP contribution in [0, 0.1) is 5.92 Å². The highest BCUT2D eigenvalue weighted by atomic mass is 15.8. The van der Waals surface area contributed by atoms with Crippen LogP contribution < -0.4 is 16.5 Å². The molecule has 2 bridgehead atoms. The lowest BCUT2D eigenvalue weighted by atomic mass is 9.94. The van der Waals surface area contributed by atoms with Crippen molar-refractivity contribution < 1.29 is 0 Å². The maximum Gasteiger partial charge on any atom is 0.0147 e. The first-order chi connectivity index (χ1) is 8.45. The van der Waals surface area contributed by atoms with Gasteiger partial charge in [0.05, 0.1) is 0 Å². The zero-order valence-electron chi connectivity index (χ0n) is 11.0. The molecule has 0 spiro atoms. The average Bonchev–Trinajstić information content (AvgIpc) is 2.57. The SMILES string of the molecule is C1CCCNNNN2CCCC(CCC1)CC2. The van der Waals surface area contributed by atoms with Crippen LogP contribution in [0.15, 0.2) is 0 Å². The summed E-state index contributed by atoms with van der Waals surface area (Å²) >= 11 is 0. The minimum atomic E-state index is 0.970. The van der Waals surface area contributed by atoms with Crippen LogP contribution in [0.4, 0.5) is 0 Å². The van der Waals surface area contributed by atoms with Gasteiger partial charge in [-0.15, -0.1) is 0 Å². The maximum absolute atomic E-state index is 3.27. The second-order valence-corrected chi connectivity index (χ2v) is 5.50. The number of hydrogen-bond donors (Lipinski definition) is 3. The predicted molar refractivity (Wildman–Crippen MR) is 70.9 cm³/mol. The summed E-state index contributed by atoms with van der Waals surface area (Å²) < 4.78 is 0. The molecule has 0 aromatic carbocycles. The van der Waals surface area contributed by atoms with Crippen LogP contribution in [-0.4, -0.2) is 24.6 Å². The third-order valence-corrected chi connectivity index (χ3v) is 4.06. The Balaban J connectivity index is 1.77. The lowest BCUT2D eigenvalue weighted by molar-refractivity contribution is 0.138. The summed E-state index contributed by atoms with van der Waals surface area (Å²) in [4.78, 5) is 0. The van der Waals surface area contributed by atoms with Gasteiger partial charge in [0.2, 0.25) is 0 Å². The first-order valence-electron chi connectivity index (χ1n) is 7.43. The Morgan fingerprint density at radius 3 is 2.59 bits per heavy atom. The van der Waals surface area contributed by atoms with E-state index >= 15 is 0 Å². The highest BCUT2D eigenvalue weighted by molar-refractivity contribution is 4.68. The fourth-order valence-corrected chi connectivity index (χ4v) is 2.92. The van der Waals surface area contributed by atoms with Gasteiger partial charge in [-0.2, -0.15) is 11.1 Å². The Hall–Kier alpha value is -0.160. The quantitative estimate of drug-likeness (QED) is 0.605. The van der Waals surface area contributed by atoms with Gasteiger partial charge in [0, 0.05) is 19.6 Å². The largest absolute Gasteiger partial charge is 0.243 e. The maximum atomic E-state index is 3.27. The molecule has 2 fully saturated rings. The fraction of sp³-hybridized carbons (Fsp3) is 1.00. The average molecular weight is 240 g/mol. The van der Waals surface area contributed by atoms with E-state index in [4.69, 9.17) is 0 Å². The topological polar surface area (TPSA) is 39.3 Å². The van der Waals surface area contributed by atoms with Crippen LogP contribution in [-0.2, 0) is 0 Å². The molecular formula is C13H28N4. The molecule has 2 heterocycles. The summed E-state index contributed by atoms with van der Waals surface area (Å²) in [6, 6.07) is 0. The van der Waals surface area contributed by atoms with Crippen molar-refractivity contribution in [1.29, 1.82) is 0 Å². The van der Waals surface area contributed by atoms with Gasteiger partial charge >= 0.3 is 0 Å². The van der Waals surface area contributed by atoms with E-state index in [1.54, 1.807) is 0 Å². The number of rotatable bonds is 0. The van der Waals surface area contributed by atoms with Gasteiger partial charge in [0.1, 0.15) is 0 Å². The Labute approximate surface area is 105 Å². The molecule has 100 valence electrons. The number of hydrazine groups is 3. The van der Waals surface area contributed by atoms with E-state index in [9.17, 15) is 0 Å². The number of nitrogens with zero attached hydrogens (tertiary/aromatic N) is 1. The van der Waals surface area contributed by atoms with Crippen LogP contribution in [0.3, 0.4) is 0 Å². The molecule has 4 nitrogen and oxygen atoms in total. The highest BCUT2D eigenvalue weighted by Gasteiger charge is 2.16. The molecule has 17 heavy (non-hydrogen) atoms. The van der Waals surface area contributed by atoms with Crippen molar-refractivity contribution in [3.05, 3.63) is 0 Å². The molecular weight excluding hydrogens is 212 g/mol. The van der Waals surface area contributed by atoms with E-state index in [-0.39, 0.29) is 0 Å². The number of fused-ring (bicyclic) bond motifs is 3. The van der Waals surface area contributed by atoms with Gasteiger partial charge in [-0.25, -0.2) is 10.4 Å². The minimum absolute atomic E-state index is 0.970. The van der Waals surface area contributed by atoms with Crippen molar-refractivity contribution in [2.45, 2.75) is 57.8 Å². The normalized spacial score (nSPS) is 33.9. The summed E-state index contributed by atoms with van der Waals surface area (Å²) in [5.74, 6) is 0.970. The van der Waals surface area contributed by atoms with Gasteiger partial charge in [-0.05, 0) is 31.6 Å². The van der Waals surface area contributed by atoms with Crippen molar-refractivity contribution in [2.75, 3.05) is 19.6 Å². The summed E-state index contributed by atoms with van der Waals surface area (Å²) in [7, 11) is 0. The molecule has 2 atom stereocenters. The second kappa shape index (κ2) is 8.03. The second-order valence-electron chi connectivity index (χ2n) is 5.50. The Morgan fingerprint density at radius 1 is 0.765 bits per heavy atom. The molecule has 0 aromatic heterocycles. The van der Waals surface area contributed by atoms with Crippen molar-refractivity contribution >= 4 is 0 Å². The van der Waals surface area contributed by atoms with Crippen molar-refractivity contribution in [3.63, 3.8) is 0 Å². The van der Waals surface area contributed by atoms with E-state index in [0.29, 0.717) is 0 Å². The summed E-state index contributed by atoms with van der Waals surface area (Å²) in [6.07, 6.45) is 12.5. The fourth-order valence-electron chi connectivity index (χ4n) is 2.92. The smallest absolute Gasteiger partial charge is 0.0147 e. The zero-order valence-corrected chi connectivity index (χ0v) is 11.0. The van der Waals surface area contributed by atoms with Crippen LogP contribution in [0.5, 0.6) is 0 Å². The van der Waals surface area contributed by atoms with E-state index < -0.39 is 0 Å². The summed E-state index contributed by atoms with van der Waals surface area (Å²) in [5, 5.41) is 2.32. The summed E-state index contributed by atoms with van der Waals surface area (Å²) in [5.41, 5.74) is 9.63. The third kappa shape index (κ3) is 5.34. The van der Waals surface area contributed by atoms with Crippen LogP contribution in [0.2, 0.25) is 0 Å². The van der Waals surface area contributed by atoms with E-state index in [1.165, 1.54) is 70.9 Å². The number of hydrogen-bond acceptors (Lipinski definition) is 4. The Bertz CT molecular complexity index is 178. The number of nitrogens with one attached hydrogen (secondary N) is 3. The highest BCUT2D eigenvalue weighted by Crippen LogP contribution is 2.22. The molecule has 3 N–H and O–H groups in total. The molecule has 2 aliphatic heterocycles. The van der Waals surface area contributed by atoms with Crippen LogP contribution in [0.1, 0.15) is 57.8 Å². The molecule has 0 radical (unpaired) electrons. The first-order valence-corrected chi connectivity index (χ1v) is 7.43. The van der Waals surface area contributed by atoms with Gasteiger partial charge in [0.15, 0.2) is 0 Å². The van der Waals surface area contributed by atoms with Gasteiger partial charge < -0.3 is 0 Å². The standard InChI is InChI=1S/C13H28N4/c1-2-4-7-13-8-6-11-17(12-9-13)16-15-14-10-5-3-1/h13-16H,1-12H2. The van der Waals surface area contributed by atoms with Gasteiger partial charge in [-0.3, -0.25) is 0 Å². The lowest BCUT2D eigenvalue weighted by Crippen LogP contribution is -2.53. The first kappa shape index (κ1) is 13.3. The van der Waals surface area contributed by atoms with Gasteiger partial charge in [0.25, 0.3) is 0 Å². The molecule has 2 unspecified atom stereocenters. The molecule has 2 aliphatic rings.